The number of nitrogens with one attached hydrogen (secondary N) is 2. The molecule has 1 heterocycles. The number of halogens is 1. The van der Waals surface area contributed by atoms with Crippen LogP contribution in [0.25, 0.3) is 0 Å². The van der Waals surface area contributed by atoms with Gasteiger partial charge in [0.2, 0.25) is 5.91 Å². The maximum atomic E-state index is 12.0. The molecule has 0 aliphatic heterocycles. The van der Waals surface area contributed by atoms with Crippen molar-refractivity contribution in [2.24, 2.45) is 0 Å². The summed E-state index contributed by atoms with van der Waals surface area (Å²) in [7, 11) is 0. The van der Waals surface area contributed by atoms with Crippen molar-refractivity contribution in [2.45, 2.75) is 19.4 Å². The van der Waals surface area contributed by atoms with Crippen molar-refractivity contribution in [2.75, 3.05) is 11.9 Å². The van der Waals surface area contributed by atoms with E-state index in [-0.39, 0.29) is 18.9 Å². The van der Waals surface area contributed by atoms with E-state index in [0.29, 0.717) is 10.8 Å². The van der Waals surface area contributed by atoms with Crippen LogP contribution >= 0.6 is 11.6 Å². The lowest BCUT2D eigenvalue weighted by Crippen LogP contribution is -2.36. The summed E-state index contributed by atoms with van der Waals surface area (Å²) in [4.78, 5) is 39.4. The van der Waals surface area contributed by atoms with E-state index >= 15 is 0 Å². The number of hydrogen-bond donors (Lipinski definition) is 2. The molecule has 0 aliphatic carbocycles. The van der Waals surface area contributed by atoms with Gasteiger partial charge in [-0.25, -0.2) is 4.98 Å². The molecule has 136 valence electrons. The zero-order valence-electron chi connectivity index (χ0n) is 14.1. The van der Waals surface area contributed by atoms with Gasteiger partial charge in [0.1, 0.15) is 12.4 Å². The zero-order chi connectivity index (χ0) is 18.9. The highest BCUT2D eigenvalue weighted by molar-refractivity contribution is 6.30. The number of aromatic nitrogens is 1. The lowest BCUT2D eigenvalue weighted by atomic mass is 10.1. The first kappa shape index (κ1) is 19.4. The molecule has 1 atom stereocenters. The average molecular weight is 376 g/mol. The van der Waals surface area contributed by atoms with E-state index in [4.69, 9.17) is 16.3 Å². The average Bonchev–Trinajstić information content (AvgIpc) is 2.62. The van der Waals surface area contributed by atoms with Crippen LogP contribution in [0.4, 0.5) is 5.82 Å². The van der Waals surface area contributed by atoms with Crippen molar-refractivity contribution in [3.63, 3.8) is 0 Å². The Hall–Kier alpha value is -2.93. The molecule has 0 radical (unpaired) electrons. The maximum absolute atomic E-state index is 12.0. The van der Waals surface area contributed by atoms with Crippen molar-refractivity contribution in [3.05, 3.63) is 59.2 Å². The number of pyridine rings is 1. The number of carbonyl (C=O) groups is 3. The van der Waals surface area contributed by atoms with Crippen LogP contribution in [0.1, 0.15) is 12.5 Å². The summed E-state index contributed by atoms with van der Waals surface area (Å²) < 4.78 is 4.99. The molecule has 1 aromatic heterocycles. The third-order valence-electron chi connectivity index (χ3n) is 3.29. The monoisotopic (exact) mass is 375 g/mol. The van der Waals surface area contributed by atoms with Crippen molar-refractivity contribution >= 4 is 35.2 Å². The molecule has 0 saturated carbocycles. The third kappa shape index (κ3) is 6.52. The zero-order valence-corrected chi connectivity index (χ0v) is 14.8. The van der Waals surface area contributed by atoms with Crippen LogP contribution in [0.15, 0.2) is 48.7 Å². The van der Waals surface area contributed by atoms with Crippen molar-refractivity contribution in [3.8, 4) is 0 Å². The van der Waals surface area contributed by atoms with E-state index in [9.17, 15) is 14.4 Å². The molecule has 2 N–H and O–H groups in total. The molecular formula is C18H18ClN3O4. The summed E-state index contributed by atoms with van der Waals surface area (Å²) in [5.41, 5.74) is 0.835. The van der Waals surface area contributed by atoms with E-state index in [1.165, 1.54) is 19.2 Å². The van der Waals surface area contributed by atoms with Crippen LogP contribution in [-0.4, -0.2) is 35.4 Å². The first-order chi connectivity index (χ1) is 12.4. The highest BCUT2D eigenvalue weighted by Gasteiger charge is 2.18. The molecule has 1 aromatic carbocycles. The maximum Gasteiger partial charge on any atom is 0.326 e. The Balaban J connectivity index is 1.73. The van der Waals surface area contributed by atoms with Crippen molar-refractivity contribution < 1.29 is 19.1 Å². The normalized spacial score (nSPS) is 11.3. The summed E-state index contributed by atoms with van der Waals surface area (Å²) in [5.74, 6) is -1.27. The molecule has 2 rings (SSSR count). The van der Waals surface area contributed by atoms with Crippen LogP contribution in [0.5, 0.6) is 0 Å². The van der Waals surface area contributed by atoms with Crippen molar-refractivity contribution in [1.29, 1.82) is 0 Å². The van der Waals surface area contributed by atoms with Gasteiger partial charge in [-0.3, -0.25) is 14.4 Å². The lowest BCUT2D eigenvalue weighted by molar-refractivity contribution is -0.152. The number of hydrogen-bond acceptors (Lipinski definition) is 5. The number of benzene rings is 1. The molecule has 26 heavy (non-hydrogen) atoms. The molecule has 2 amide bonds. The standard InChI is InChI=1S/C18H18ClN3O4/c1-12(18(25)22-15-8-7-14(19)10-20-15)26-17(24)11-21-16(23)9-13-5-3-2-4-6-13/h2-8,10,12H,9,11H2,1H3,(H,21,23)(H,20,22,25)/t12-/m0/s1. The Labute approximate surface area is 155 Å². The van der Waals surface area contributed by atoms with E-state index in [1.54, 1.807) is 6.07 Å². The van der Waals surface area contributed by atoms with Gasteiger partial charge in [0, 0.05) is 6.20 Å². The lowest BCUT2D eigenvalue weighted by Gasteiger charge is -2.13. The van der Waals surface area contributed by atoms with Crippen LogP contribution in [0.2, 0.25) is 5.02 Å². The summed E-state index contributed by atoms with van der Waals surface area (Å²) in [6.45, 7) is 1.11. The van der Waals surface area contributed by atoms with Gasteiger partial charge in [-0.15, -0.1) is 0 Å². The summed E-state index contributed by atoms with van der Waals surface area (Å²) in [6, 6.07) is 12.2. The number of ether oxygens (including phenoxy) is 1. The van der Waals surface area contributed by atoms with Crippen LogP contribution in [0.3, 0.4) is 0 Å². The summed E-state index contributed by atoms with van der Waals surface area (Å²) in [6.07, 6.45) is 0.508. The minimum atomic E-state index is -1.04. The number of anilines is 1. The first-order valence-corrected chi connectivity index (χ1v) is 8.24. The number of nitrogens with zero attached hydrogens (tertiary/aromatic N) is 1. The van der Waals surface area contributed by atoms with Gasteiger partial charge >= 0.3 is 5.97 Å². The van der Waals surface area contributed by atoms with Gasteiger partial charge in [0.15, 0.2) is 6.10 Å². The number of amides is 2. The Morgan fingerprint density at radius 2 is 1.88 bits per heavy atom. The smallest absolute Gasteiger partial charge is 0.326 e. The molecule has 0 spiro atoms. The second-order valence-corrected chi connectivity index (χ2v) is 5.86. The summed E-state index contributed by atoms with van der Waals surface area (Å²) in [5, 5.41) is 5.40. The largest absolute Gasteiger partial charge is 0.451 e. The SMILES string of the molecule is C[C@H](OC(=O)CNC(=O)Cc1ccccc1)C(=O)Nc1ccc(Cl)cn1. The van der Waals surface area contributed by atoms with Crippen molar-refractivity contribution in [1.82, 2.24) is 10.3 Å². The molecule has 7 nitrogen and oxygen atoms in total. The number of rotatable bonds is 7. The first-order valence-electron chi connectivity index (χ1n) is 7.86. The summed E-state index contributed by atoms with van der Waals surface area (Å²) >= 11 is 5.71. The molecule has 0 bridgehead atoms. The Bertz CT molecular complexity index is 766. The van der Waals surface area contributed by atoms with E-state index in [0.717, 1.165) is 5.56 Å². The van der Waals surface area contributed by atoms with E-state index in [1.807, 2.05) is 30.3 Å². The second-order valence-electron chi connectivity index (χ2n) is 5.42. The fraction of sp³-hybridized carbons (Fsp3) is 0.222. The fourth-order valence-electron chi connectivity index (χ4n) is 1.98. The van der Waals surface area contributed by atoms with Gasteiger partial charge < -0.3 is 15.4 Å². The predicted molar refractivity (Wildman–Crippen MR) is 96.6 cm³/mol. The second kappa shape index (κ2) is 9.53. The molecule has 0 unspecified atom stereocenters. The highest BCUT2D eigenvalue weighted by Crippen LogP contribution is 2.10. The van der Waals surface area contributed by atoms with Crippen LogP contribution in [-0.2, 0) is 25.5 Å². The van der Waals surface area contributed by atoms with E-state index in [2.05, 4.69) is 15.6 Å². The minimum absolute atomic E-state index is 0.159. The molecule has 8 heteroatoms. The van der Waals surface area contributed by atoms with Crippen LogP contribution in [0, 0.1) is 0 Å². The third-order valence-corrected chi connectivity index (χ3v) is 3.52. The highest BCUT2D eigenvalue weighted by atomic mass is 35.5. The van der Waals surface area contributed by atoms with Gasteiger partial charge in [0.25, 0.3) is 5.91 Å². The molecule has 0 aliphatic rings. The van der Waals surface area contributed by atoms with E-state index < -0.39 is 18.0 Å². The quantitative estimate of drug-likeness (QED) is 0.721. The molecular weight excluding hydrogens is 358 g/mol. The number of esters is 1. The Kier molecular flexibility index (Phi) is 7.11. The number of carbonyl (C=O) groups excluding carboxylic acids is 3. The molecule has 0 saturated heterocycles. The Morgan fingerprint density at radius 3 is 2.54 bits per heavy atom. The van der Waals surface area contributed by atoms with Gasteiger partial charge in [-0.05, 0) is 24.6 Å². The van der Waals surface area contributed by atoms with Gasteiger partial charge in [-0.2, -0.15) is 0 Å². The van der Waals surface area contributed by atoms with Crippen LogP contribution < -0.4 is 10.6 Å². The topological polar surface area (TPSA) is 97.4 Å². The minimum Gasteiger partial charge on any atom is -0.451 e. The predicted octanol–water partition coefficient (Wildman–Crippen LogP) is 1.96. The van der Waals surface area contributed by atoms with Gasteiger partial charge in [-0.1, -0.05) is 41.9 Å². The molecule has 2 aromatic rings. The molecule has 0 fully saturated rings. The Morgan fingerprint density at radius 1 is 1.15 bits per heavy atom. The fourth-order valence-corrected chi connectivity index (χ4v) is 2.10. The van der Waals surface area contributed by atoms with Gasteiger partial charge in [0.05, 0.1) is 11.4 Å².